The Morgan fingerprint density at radius 2 is 1.87 bits per heavy atom. The van der Waals surface area contributed by atoms with Gasteiger partial charge in [0.25, 0.3) is 0 Å². The third kappa shape index (κ3) is 4.95. The molecule has 0 aromatic heterocycles. The first kappa shape index (κ1) is 23.8. The van der Waals surface area contributed by atoms with Crippen LogP contribution in [0.3, 0.4) is 0 Å². The molecule has 0 aromatic rings. The summed E-state index contributed by atoms with van der Waals surface area (Å²) in [6.45, 7) is 13.2. The third-order valence-corrected chi connectivity index (χ3v) is 8.68. The molecule has 3 fully saturated rings. The van der Waals surface area contributed by atoms with Crippen molar-refractivity contribution in [2.24, 2.45) is 29.1 Å². The van der Waals surface area contributed by atoms with Crippen molar-refractivity contribution < 1.29 is 15.3 Å². The largest absolute Gasteiger partial charge is 0.393 e. The summed E-state index contributed by atoms with van der Waals surface area (Å²) in [5.74, 6) is 2.35. The quantitative estimate of drug-likeness (QED) is 0.531. The predicted octanol–water partition coefficient (Wildman–Crippen LogP) is 5.56. The zero-order valence-corrected chi connectivity index (χ0v) is 19.6. The molecule has 30 heavy (non-hydrogen) atoms. The smallest absolute Gasteiger partial charge is 0.0811 e. The van der Waals surface area contributed by atoms with Crippen LogP contribution in [-0.2, 0) is 0 Å². The van der Waals surface area contributed by atoms with Gasteiger partial charge in [-0.25, -0.2) is 0 Å². The molecule has 3 saturated carbocycles. The minimum atomic E-state index is -0.618. The zero-order chi connectivity index (χ0) is 22.1. The number of hydrogen-bond acceptors (Lipinski definition) is 3. The first-order chi connectivity index (χ1) is 14.1. The first-order valence-electron chi connectivity index (χ1n) is 12.3. The van der Waals surface area contributed by atoms with Crippen molar-refractivity contribution in [1.82, 2.24) is 0 Å². The van der Waals surface area contributed by atoms with E-state index in [0.717, 1.165) is 36.3 Å². The molecule has 2 unspecified atom stereocenters. The second kappa shape index (κ2) is 9.71. The van der Waals surface area contributed by atoms with E-state index in [1.54, 1.807) is 5.57 Å². The molecule has 0 bridgehead atoms. The molecule has 3 aliphatic carbocycles. The second-order valence-corrected chi connectivity index (χ2v) is 11.0. The van der Waals surface area contributed by atoms with Gasteiger partial charge >= 0.3 is 0 Å². The normalized spacial score (nSPS) is 39.5. The number of allylic oxidation sites excluding steroid dienone is 3. The lowest BCUT2D eigenvalue weighted by Gasteiger charge is -2.44. The minimum Gasteiger partial charge on any atom is -0.393 e. The lowest BCUT2D eigenvalue weighted by atomic mass is 9.60. The Hall–Kier alpha value is -0.900. The maximum atomic E-state index is 10.3. The Balaban J connectivity index is 1.72. The molecule has 0 saturated heterocycles. The van der Waals surface area contributed by atoms with E-state index in [1.165, 1.54) is 25.7 Å². The number of aliphatic hydroxyl groups is 3. The summed E-state index contributed by atoms with van der Waals surface area (Å²) < 4.78 is 0. The van der Waals surface area contributed by atoms with Gasteiger partial charge < -0.3 is 15.3 Å². The van der Waals surface area contributed by atoms with Crippen LogP contribution in [0, 0.1) is 29.1 Å². The van der Waals surface area contributed by atoms with Gasteiger partial charge in [-0.3, -0.25) is 0 Å². The second-order valence-electron chi connectivity index (χ2n) is 11.0. The van der Waals surface area contributed by atoms with Crippen molar-refractivity contribution in [2.75, 3.05) is 0 Å². The number of aliphatic hydroxyl groups excluding tert-OH is 3. The molecular weight excluding hydrogens is 372 g/mol. The van der Waals surface area contributed by atoms with E-state index in [2.05, 4.69) is 46.4 Å². The van der Waals surface area contributed by atoms with Gasteiger partial charge in [-0.05, 0) is 91.6 Å². The highest BCUT2D eigenvalue weighted by Crippen LogP contribution is 2.60. The van der Waals surface area contributed by atoms with Crippen molar-refractivity contribution in [2.45, 2.75) is 104 Å². The monoisotopic (exact) mass is 416 g/mol. The summed E-state index contributed by atoms with van der Waals surface area (Å²) in [5, 5.41) is 30.4. The van der Waals surface area contributed by atoms with Gasteiger partial charge in [-0.1, -0.05) is 52.0 Å². The molecule has 0 heterocycles. The lowest BCUT2D eigenvalue weighted by Crippen LogP contribution is -2.36. The Morgan fingerprint density at radius 3 is 2.57 bits per heavy atom. The Labute approximate surface area is 184 Å². The summed E-state index contributed by atoms with van der Waals surface area (Å²) in [6.07, 6.45) is 12.4. The average molecular weight is 417 g/mol. The standard InChI is InChI=1S/C27H44O3/c1-17(2)25(29)13-8-18(3)23-11-12-24-20(7-6-14-27(23,24)5)9-10-21-15-22(28)16-26(30)19(21)4/h9-10,17-18,22-26,28-30H,4,6-8,11-16H2,1-3,5H3/t18-,22+,23?,24+,25?,26+,27-/m1/s1. The van der Waals surface area contributed by atoms with E-state index in [4.69, 9.17) is 0 Å². The van der Waals surface area contributed by atoms with E-state index in [-0.39, 0.29) is 6.10 Å². The number of fused-ring (bicyclic) bond motifs is 1. The van der Waals surface area contributed by atoms with Crippen molar-refractivity contribution in [3.63, 3.8) is 0 Å². The first-order valence-corrected chi connectivity index (χ1v) is 12.3. The summed E-state index contributed by atoms with van der Waals surface area (Å²) in [6, 6.07) is 0. The van der Waals surface area contributed by atoms with Crippen LogP contribution < -0.4 is 0 Å². The highest BCUT2D eigenvalue weighted by atomic mass is 16.3. The number of rotatable bonds is 6. The molecule has 3 rings (SSSR count). The van der Waals surface area contributed by atoms with Crippen LogP contribution in [0.25, 0.3) is 0 Å². The summed E-state index contributed by atoms with van der Waals surface area (Å²) in [5.41, 5.74) is 3.69. The molecule has 3 aliphatic rings. The van der Waals surface area contributed by atoms with Crippen molar-refractivity contribution in [3.8, 4) is 0 Å². The zero-order valence-electron chi connectivity index (χ0n) is 19.6. The van der Waals surface area contributed by atoms with E-state index >= 15 is 0 Å². The average Bonchev–Trinajstić information content (AvgIpc) is 3.04. The highest BCUT2D eigenvalue weighted by Gasteiger charge is 2.50. The molecule has 0 spiro atoms. The summed E-state index contributed by atoms with van der Waals surface area (Å²) in [7, 11) is 0. The topological polar surface area (TPSA) is 60.7 Å². The maximum Gasteiger partial charge on any atom is 0.0811 e. The Bertz CT molecular complexity index is 676. The fourth-order valence-corrected chi connectivity index (χ4v) is 6.65. The van der Waals surface area contributed by atoms with Crippen LogP contribution in [0.15, 0.2) is 35.5 Å². The summed E-state index contributed by atoms with van der Waals surface area (Å²) >= 11 is 0. The molecule has 0 aromatic carbocycles. The van der Waals surface area contributed by atoms with Crippen LogP contribution in [0.2, 0.25) is 0 Å². The predicted molar refractivity (Wildman–Crippen MR) is 124 cm³/mol. The highest BCUT2D eigenvalue weighted by molar-refractivity contribution is 5.38. The summed E-state index contributed by atoms with van der Waals surface area (Å²) in [4.78, 5) is 0. The lowest BCUT2D eigenvalue weighted by molar-refractivity contribution is 0.0717. The van der Waals surface area contributed by atoms with Crippen molar-refractivity contribution in [3.05, 3.63) is 35.5 Å². The van der Waals surface area contributed by atoms with E-state index in [9.17, 15) is 15.3 Å². The van der Waals surface area contributed by atoms with E-state index < -0.39 is 12.2 Å². The Kier molecular flexibility index (Phi) is 7.69. The molecule has 170 valence electrons. The molecule has 0 amide bonds. The molecule has 3 heteroatoms. The molecule has 3 N–H and O–H groups in total. The van der Waals surface area contributed by atoms with Gasteiger partial charge in [0.05, 0.1) is 18.3 Å². The van der Waals surface area contributed by atoms with Crippen molar-refractivity contribution in [1.29, 1.82) is 0 Å². The maximum absolute atomic E-state index is 10.3. The van der Waals surface area contributed by atoms with E-state index in [1.807, 2.05) is 0 Å². The van der Waals surface area contributed by atoms with Gasteiger partial charge in [0.15, 0.2) is 0 Å². The SMILES string of the molecule is C=C1C(=CC=C2CCC[C@]3(C)C([C@H](C)CCC(O)C(C)C)CC[C@@H]23)C[C@H](O)C[C@@H]1O. The van der Waals surface area contributed by atoms with Gasteiger partial charge in [0.1, 0.15) is 0 Å². The van der Waals surface area contributed by atoms with Crippen LogP contribution in [0.5, 0.6) is 0 Å². The third-order valence-electron chi connectivity index (χ3n) is 8.68. The van der Waals surface area contributed by atoms with Gasteiger partial charge in [0, 0.05) is 6.42 Å². The van der Waals surface area contributed by atoms with Crippen LogP contribution in [0.1, 0.15) is 85.5 Å². The Morgan fingerprint density at radius 1 is 1.13 bits per heavy atom. The van der Waals surface area contributed by atoms with Crippen LogP contribution in [-0.4, -0.2) is 33.6 Å². The van der Waals surface area contributed by atoms with Gasteiger partial charge in [-0.2, -0.15) is 0 Å². The molecule has 0 aliphatic heterocycles. The molecule has 0 radical (unpaired) electrons. The van der Waals surface area contributed by atoms with Crippen LogP contribution >= 0.6 is 0 Å². The number of hydrogen-bond donors (Lipinski definition) is 3. The molecule has 3 nitrogen and oxygen atoms in total. The molecule has 7 atom stereocenters. The minimum absolute atomic E-state index is 0.180. The van der Waals surface area contributed by atoms with Gasteiger partial charge in [-0.15, -0.1) is 0 Å². The fraction of sp³-hybridized carbons (Fsp3) is 0.778. The van der Waals surface area contributed by atoms with E-state index in [0.29, 0.717) is 36.0 Å². The van der Waals surface area contributed by atoms with Gasteiger partial charge in [0.2, 0.25) is 0 Å². The van der Waals surface area contributed by atoms with Crippen molar-refractivity contribution >= 4 is 0 Å². The van der Waals surface area contributed by atoms with Crippen LogP contribution in [0.4, 0.5) is 0 Å². The fourth-order valence-electron chi connectivity index (χ4n) is 6.65. The molecular formula is C27H44O3.